The lowest BCUT2D eigenvalue weighted by molar-refractivity contribution is 0.660. The average Bonchev–Trinajstić information content (AvgIpc) is 3.06. The summed E-state index contributed by atoms with van der Waals surface area (Å²) < 4.78 is 3.26. The zero-order valence-electron chi connectivity index (χ0n) is 9.99. The Labute approximate surface area is 118 Å². The Kier molecular flexibility index (Phi) is 3.35. The van der Waals surface area contributed by atoms with E-state index in [2.05, 4.69) is 10.1 Å². The van der Waals surface area contributed by atoms with E-state index in [1.807, 2.05) is 5.38 Å². The number of hydrogen-bond acceptors (Lipinski definition) is 4. The van der Waals surface area contributed by atoms with Gasteiger partial charge in [0, 0.05) is 30.7 Å². The van der Waals surface area contributed by atoms with Gasteiger partial charge < -0.3 is 4.57 Å². The summed E-state index contributed by atoms with van der Waals surface area (Å²) in [6.07, 6.45) is 5.88. The number of fused-ring (bicyclic) bond motifs is 1. The molecule has 0 spiro atoms. The molecule has 3 aromatic rings. The van der Waals surface area contributed by atoms with E-state index >= 15 is 0 Å². The maximum Gasteiger partial charge on any atom is 0.276 e. The van der Waals surface area contributed by atoms with Crippen LogP contribution >= 0.6 is 22.9 Å². The summed E-state index contributed by atoms with van der Waals surface area (Å²) in [6.45, 7) is 0.607. The van der Waals surface area contributed by atoms with Crippen molar-refractivity contribution in [2.24, 2.45) is 0 Å². The zero-order valence-corrected chi connectivity index (χ0v) is 11.6. The number of nitrogens with zero attached hydrogens (tertiary/aromatic N) is 4. The minimum atomic E-state index is -0.0332. The molecule has 0 atom stereocenters. The Morgan fingerprint density at radius 2 is 2.26 bits per heavy atom. The lowest BCUT2D eigenvalue weighted by Gasteiger charge is -2.04. The van der Waals surface area contributed by atoms with Crippen LogP contribution in [-0.2, 0) is 18.8 Å². The van der Waals surface area contributed by atoms with Crippen LogP contribution in [0, 0.1) is 0 Å². The first-order valence-electron chi connectivity index (χ1n) is 5.80. The highest BCUT2D eigenvalue weighted by atomic mass is 35.5. The molecule has 0 bridgehead atoms. The third-order valence-electron chi connectivity index (χ3n) is 2.84. The largest absolute Gasteiger partial charge is 0.312 e. The van der Waals surface area contributed by atoms with Crippen molar-refractivity contribution in [3.05, 3.63) is 51.1 Å². The van der Waals surface area contributed by atoms with E-state index in [9.17, 15) is 4.79 Å². The van der Waals surface area contributed by atoms with Gasteiger partial charge in [0.05, 0.1) is 22.8 Å². The SMILES string of the molecule is O=c1c2ccnn2ccn1CCc1nc(CCl)cs1. The Morgan fingerprint density at radius 1 is 1.37 bits per heavy atom. The summed E-state index contributed by atoms with van der Waals surface area (Å²) in [5, 5.41) is 6.98. The van der Waals surface area contributed by atoms with Crippen molar-refractivity contribution in [3.63, 3.8) is 0 Å². The second-order valence-electron chi connectivity index (χ2n) is 4.07. The summed E-state index contributed by atoms with van der Waals surface area (Å²) in [6, 6.07) is 1.72. The number of alkyl halides is 1. The van der Waals surface area contributed by atoms with E-state index in [0.717, 1.165) is 17.1 Å². The molecule has 0 aromatic carbocycles. The maximum absolute atomic E-state index is 12.1. The molecule has 0 aliphatic rings. The van der Waals surface area contributed by atoms with Gasteiger partial charge in [0.25, 0.3) is 5.56 Å². The summed E-state index contributed by atoms with van der Waals surface area (Å²) >= 11 is 7.29. The fraction of sp³-hybridized carbons (Fsp3) is 0.250. The maximum atomic E-state index is 12.1. The molecule has 98 valence electrons. The van der Waals surface area contributed by atoms with Gasteiger partial charge in [-0.1, -0.05) is 0 Å². The van der Waals surface area contributed by atoms with Crippen molar-refractivity contribution in [2.75, 3.05) is 0 Å². The van der Waals surface area contributed by atoms with Crippen molar-refractivity contribution < 1.29 is 0 Å². The van der Waals surface area contributed by atoms with Crippen LogP contribution in [0.3, 0.4) is 0 Å². The number of halogens is 1. The first-order valence-corrected chi connectivity index (χ1v) is 7.21. The molecule has 19 heavy (non-hydrogen) atoms. The molecule has 7 heteroatoms. The van der Waals surface area contributed by atoms with E-state index in [-0.39, 0.29) is 5.56 Å². The van der Waals surface area contributed by atoms with Crippen molar-refractivity contribution in [1.29, 1.82) is 0 Å². The quantitative estimate of drug-likeness (QED) is 0.691. The van der Waals surface area contributed by atoms with Crippen molar-refractivity contribution in [2.45, 2.75) is 18.8 Å². The second kappa shape index (κ2) is 5.14. The van der Waals surface area contributed by atoms with Gasteiger partial charge >= 0.3 is 0 Å². The lowest BCUT2D eigenvalue weighted by Crippen LogP contribution is -2.22. The minimum absolute atomic E-state index is 0.0332. The highest BCUT2D eigenvalue weighted by Gasteiger charge is 2.05. The van der Waals surface area contributed by atoms with E-state index in [1.54, 1.807) is 45.1 Å². The first kappa shape index (κ1) is 12.4. The van der Waals surface area contributed by atoms with Gasteiger partial charge in [-0.25, -0.2) is 9.50 Å². The molecule has 5 nitrogen and oxygen atoms in total. The molecule has 3 rings (SSSR count). The molecule has 0 amide bonds. The van der Waals surface area contributed by atoms with Crippen LogP contribution < -0.4 is 5.56 Å². The molecule has 0 aliphatic carbocycles. The first-order chi connectivity index (χ1) is 9.28. The molecule has 0 N–H and O–H groups in total. The molecule has 0 saturated heterocycles. The lowest BCUT2D eigenvalue weighted by atomic mass is 10.4. The second-order valence-corrected chi connectivity index (χ2v) is 5.28. The van der Waals surface area contributed by atoms with Crippen LogP contribution in [0.4, 0.5) is 0 Å². The molecule has 0 radical (unpaired) electrons. The van der Waals surface area contributed by atoms with Gasteiger partial charge in [-0.3, -0.25) is 4.79 Å². The summed E-state index contributed by atoms with van der Waals surface area (Å²) in [5.41, 5.74) is 1.44. The fourth-order valence-corrected chi connectivity index (χ4v) is 2.89. The topological polar surface area (TPSA) is 52.2 Å². The van der Waals surface area contributed by atoms with Crippen LogP contribution in [-0.4, -0.2) is 19.2 Å². The molecular weight excluding hydrogens is 284 g/mol. The fourth-order valence-electron chi connectivity index (χ4n) is 1.88. The predicted molar refractivity (Wildman–Crippen MR) is 74.8 cm³/mol. The number of aromatic nitrogens is 4. The van der Waals surface area contributed by atoms with E-state index in [0.29, 0.717) is 17.9 Å². The van der Waals surface area contributed by atoms with E-state index in [4.69, 9.17) is 11.6 Å². The normalized spacial score (nSPS) is 11.2. The van der Waals surface area contributed by atoms with E-state index < -0.39 is 0 Å². The Balaban J connectivity index is 1.81. The van der Waals surface area contributed by atoms with Gasteiger partial charge in [0.1, 0.15) is 5.52 Å². The summed E-state index contributed by atoms with van der Waals surface area (Å²) in [4.78, 5) is 16.5. The highest BCUT2D eigenvalue weighted by Crippen LogP contribution is 2.12. The van der Waals surface area contributed by atoms with Crippen LogP contribution in [0.25, 0.3) is 5.52 Å². The highest BCUT2D eigenvalue weighted by molar-refractivity contribution is 7.09. The van der Waals surface area contributed by atoms with Gasteiger partial charge in [0.15, 0.2) is 0 Å². The van der Waals surface area contributed by atoms with Crippen LogP contribution in [0.15, 0.2) is 34.8 Å². The van der Waals surface area contributed by atoms with Gasteiger partial charge in [-0.15, -0.1) is 22.9 Å². The average molecular weight is 295 g/mol. The molecule has 0 aliphatic heterocycles. The predicted octanol–water partition coefficient (Wildman–Crippen LogP) is 1.93. The number of rotatable bonds is 4. The third kappa shape index (κ3) is 2.41. The number of hydrogen-bond donors (Lipinski definition) is 0. The number of aryl methyl sites for hydroxylation is 2. The van der Waals surface area contributed by atoms with Crippen molar-refractivity contribution in [1.82, 2.24) is 19.2 Å². The van der Waals surface area contributed by atoms with Crippen LogP contribution in [0.2, 0.25) is 0 Å². The molecular formula is C12H11ClN4OS. The van der Waals surface area contributed by atoms with Gasteiger partial charge in [0.2, 0.25) is 0 Å². The van der Waals surface area contributed by atoms with Gasteiger partial charge in [-0.2, -0.15) is 5.10 Å². The summed E-state index contributed by atoms with van der Waals surface area (Å²) in [7, 11) is 0. The Hall–Kier alpha value is -1.66. The standard InChI is InChI=1S/C12H11ClN4OS/c13-7-9-8-19-11(15-9)2-4-16-5-6-17-10(12(16)18)1-3-14-17/h1,3,5-6,8H,2,4,7H2. The van der Waals surface area contributed by atoms with Crippen LogP contribution in [0.1, 0.15) is 10.7 Å². The minimum Gasteiger partial charge on any atom is -0.312 e. The van der Waals surface area contributed by atoms with E-state index in [1.165, 1.54) is 0 Å². The molecule has 3 aromatic heterocycles. The third-order valence-corrected chi connectivity index (χ3v) is 4.07. The van der Waals surface area contributed by atoms with Gasteiger partial charge in [-0.05, 0) is 6.07 Å². The van der Waals surface area contributed by atoms with Crippen molar-refractivity contribution >= 4 is 28.5 Å². The summed E-state index contributed by atoms with van der Waals surface area (Å²) in [5.74, 6) is 0.429. The van der Waals surface area contributed by atoms with Crippen LogP contribution in [0.5, 0.6) is 0 Å². The smallest absolute Gasteiger partial charge is 0.276 e. The monoisotopic (exact) mass is 294 g/mol. The molecule has 0 unspecified atom stereocenters. The van der Waals surface area contributed by atoms with Crippen molar-refractivity contribution in [3.8, 4) is 0 Å². The number of thiazole rings is 1. The Morgan fingerprint density at radius 3 is 3.05 bits per heavy atom. The zero-order chi connectivity index (χ0) is 13.2. The molecule has 3 heterocycles. The molecule has 0 saturated carbocycles. The molecule has 0 fully saturated rings. The Bertz CT molecular complexity index is 760.